The summed E-state index contributed by atoms with van der Waals surface area (Å²) in [4.78, 5) is 17.1. The largest absolute Gasteiger partial charge is 0.356 e. The lowest BCUT2D eigenvalue weighted by molar-refractivity contribution is -0.120. The van der Waals surface area contributed by atoms with Gasteiger partial charge in [0.05, 0.1) is 17.5 Å². The van der Waals surface area contributed by atoms with Crippen LogP contribution in [-0.4, -0.2) is 22.0 Å². The van der Waals surface area contributed by atoms with E-state index >= 15 is 0 Å². The Labute approximate surface area is 196 Å². The molecule has 0 aliphatic heterocycles. The molecule has 1 heterocycles. The van der Waals surface area contributed by atoms with Crippen LogP contribution in [0.5, 0.6) is 0 Å². The molecule has 170 valence electrons. The second kappa shape index (κ2) is 11.5. The van der Waals surface area contributed by atoms with Crippen LogP contribution in [0.25, 0.3) is 11.0 Å². The number of nitrogens with zero attached hydrogens (tertiary/aromatic N) is 2. The van der Waals surface area contributed by atoms with Crippen LogP contribution < -0.4 is 5.32 Å². The van der Waals surface area contributed by atoms with Gasteiger partial charge in [-0.2, -0.15) is 0 Å². The molecule has 0 bridgehead atoms. The number of hydrogen-bond acceptors (Lipinski definition) is 2. The molecular formula is C29H33N3O. The molecule has 0 fully saturated rings. The van der Waals surface area contributed by atoms with Crippen molar-refractivity contribution in [3.63, 3.8) is 0 Å². The van der Waals surface area contributed by atoms with Crippen LogP contribution in [0, 0.1) is 6.92 Å². The van der Waals surface area contributed by atoms with E-state index in [4.69, 9.17) is 4.98 Å². The fourth-order valence-electron chi connectivity index (χ4n) is 4.31. The van der Waals surface area contributed by atoms with E-state index in [2.05, 4.69) is 77.5 Å². The number of unbranched alkanes of at least 4 members (excludes halogenated alkanes) is 2. The van der Waals surface area contributed by atoms with E-state index in [1.54, 1.807) is 0 Å². The van der Waals surface area contributed by atoms with Crippen molar-refractivity contribution in [3.05, 3.63) is 101 Å². The van der Waals surface area contributed by atoms with Crippen molar-refractivity contribution >= 4 is 16.9 Å². The van der Waals surface area contributed by atoms with Gasteiger partial charge in [-0.05, 0) is 55.0 Å². The number of carbonyl (C=O) groups is 1. The SMILES string of the molecule is Cc1ccccc1CC(=O)NCCCCCc1nc2ccccc2n1CCc1ccccc1. The molecule has 0 unspecified atom stereocenters. The second-order valence-electron chi connectivity index (χ2n) is 8.67. The quantitative estimate of drug-likeness (QED) is 0.307. The number of aryl methyl sites for hydroxylation is 4. The Kier molecular flexibility index (Phi) is 7.91. The van der Waals surface area contributed by atoms with E-state index in [0.717, 1.165) is 62.1 Å². The lowest BCUT2D eigenvalue weighted by Crippen LogP contribution is -2.26. The van der Waals surface area contributed by atoms with E-state index in [0.29, 0.717) is 6.42 Å². The highest BCUT2D eigenvalue weighted by Crippen LogP contribution is 2.19. The summed E-state index contributed by atoms with van der Waals surface area (Å²) in [7, 11) is 0. The number of aromatic nitrogens is 2. The maximum atomic E-state index is 12.2. The first-order chi connectivity index (χ1) is 16.2. The predicted molar refractivity (Wildman–Crippen MR) is 135 cm³/mol. The Balaban J connectivity index is 1.25. The molecule has 0 spiro atoms. The molecule has 0 saturated heterocycles. The number of nitrogens with one attached hydrogen (secondary N) is 1. The van der Waals surface area contributed by atoms with Gasteiger partial charge in [0, 0.05) is 19.5 Å². The molecule has 33 heavy (non-hydrogen) atoms. The lowest BCUT2D eigenvalue weighted by atomic mass is 10.1. The van der Waals surface area contributed by atoms with Crippen molar-refractivity contribution in [1.82, 2.24) is 14.9 Å². The van der Waals surface area contributed by atoms with E-state index in [-0.39, 0.29) is 5.91 Å². The van der Waals surface area contributed by atoms with Crippen molar-refractivity contribution in [1.29, 1.82) is 0 Å². The number of amides is 1. The van der Waals surface area contributed by atoms with Crippen LogP contribution in [0.15, 0.2) is 78.9 Å². The van der Waals surface area contributed by atoms with Crippen LogP contribution in [-0.2, 0) is 30.6 Å². The fraction of sp³-hybridized carbons (Fsp3) is 0.310. The molecule has 0 aliphatic rings. The zero-order valence-electron chi connectivity index (χ0n) is 19.5. The fourth-order valence-corrected chi connectivity index (χ4v) is 4.31. The van der Waals surface area contributed by atoms with Crippen LogP contribution in [0.1, 0.15) is 41.8 Å². The summed E-state index contributed by atoms with van der Waals surface area (Å²) in [5, 5.41) is 3.07. The summed E-state index contributed by atoms with van der Waals surface area (Å²) < 4.78 is 2.38. The summed E-state index contributed by atoms with van der Waals surface area (Å²) in [6, 6.07) is 27.1. The van der Waals surface area contributed by atoms with Crippen LogP contribution in [0.2, 0.25) is 0 Å². The minimum absolute atomic E-state index is 0.104. The molecular weight excluding hydrogens is 406 g/mol. The van der Waals surface area contributed by atoms with Gasteiger partial charge in [0.1, 0.15) is 5.82 Å². The van der Waals surface area contributed by atoms with Gasteiger partial charge in [0.15, 0.2) is 0 Å². The maximum Gasteiger partial charge on any atom is 0.224 e. The number of carbonyl (C=O) groups excluding carboxylic acids is 1. The summed E-state index contributed by atoms with van der Waals surface area (Å²) in [5.74, 6) is 1.27. The molecule has 0 radical (unpaired) electrons. The van der Waals surface area contributed by atoms with Gasteiger partial charge in [-0.3, -0.25) is 4.79 Å². The molecule has 4 aromatic rings. The normalized spacial score (nSPS) is 11.1. The highest BCUT2D eigenvalue weighted by atomic mass is 16.1. The standard InChI is InChI=1S/C29H33N3O/c1-23-12-7-8-15-25(23)22-29(33)30-20-11-3-6-18-28-31-26-16-9-10-17-27(26)32(28)21-19-24-13-4-2-5-14-24/h2,4-5,7-10,12-17H,3,6,11,18-22H2,1H3,(H,30,33). The molecule has 0 aliphatic carbocycles. The second-order valence-corrected chi connectivity index (χ2v) is 8.67. The molecule has 0 atom stereocenters. The van der Waals surface area contributed by atoms with Gasteiger partial charge in [-0.15, -0.1) is 0 Å². The van der Waals surface area contributed by atoms with Gasteiger partial charge in [0.2, 0.25) is 5.91 Å². The summed E-state index contributed by atoms with van der Waals surface area (Å²) >= 11 is 0. The monoisotopic (exact) mass is 439 g/mol. The number of hydrogen-bond donors (Lipinski definition) is 1. The number of benzene rings is 3. The van der Waals surface area contributed by atoms with Crippen molar-refractivity contribution in [2.75, 3.05) is 6.54 Å². The van der Waals surface area contributed by atoms with E-state index in [1.807, 2.05) is 18.2 Å². The third kappa shape index (κ3) is 6.32. The predicted octanol–water partition coefficient (Wildman–Crippen LogP) is 5.66. The van der Waals surface area contributed by atoms with Gasteiger partial charge < -0.3 is 9.88 Å². The summed E-state index contributed by atoms with van der Waals surface area (Å²) in [6.45, 7) is 3.72. The number of rotatable bonds is 11. The van der Waals surface area contributed by atoms with Gasteiger partial charge in [-0.25, -0.2) is 4.98 Å². The van der Waals surface area contributed by atoms with Crippen LogP contribution in [0.4, 0.5) is 0 Å². The molecule has 4 nitrogen and oxygen atoms in total. The Hall–Kier alpha value is -3.40. The van der Waals surface area contributed by atoms with Crippen molar-refractivity contribution in [2.24, 2.45) is 0 Å². The molecule has 0 saturated carbocycles. The van der Waals surface area contributed by atoms with E-state index < -0.39 is 0 Å². The number of imidazole rings is 1. The van der Waals surface area contributed by atoms with Crippen LogP contribution >= 0.6 is 0 Å². The average molecular weight is 440 g/mol. The van der Waals surface area contributed by atoms with E-state index in [9.17, 15) is 4.79 Å². The Morgan fingerprint density at radius 2 is 1.61 bits per heavy atom. The third-order valence-corrected chi connectivity index (χ3v) is 6.21. The van der Waals surface area contributed by atoms with Gasteiger partial charge >= 0.3 is 0 Å². The summed E-state index contributed by atoms with van der Waals surface area (Å²) in [6.07, 6.45) is 5.55. The Morgan fingerprint density at radius 1 is 0.848 bits per heavy atom. The van der Waals surface area contributed by atoms with Gasteiger partial charge in [0.25, 0.3) is 0 Å². The first-order valence-corrected chi connectivity index (χ1v) is 12.0. The zero-order chi connectivity index (χ0) is 22.9. The Morgan fingerprint density at radius 3 is 2.45 bits per heavy atom. The minimum atomic E-state index is 0.104. The molecule has 3 aromatic carbocycles. The topological polar surface area (TPSA) is 46.9 Å². The summed E-state index contributed by atoms with van der Waals surface area (Å²) in [5.41, 5.74) is 5.91. The molecule has 1 amide bonds. The smallest absolute Gasteiger partial charge is 0.224 e. The zero-order valence-corrected chi connectivity index (χ0v) is 19.5. The van der Waals surface area contributed by atoms with Crippen molar-refractivity contribution in [2.45, 2.75) is 52.0 Å². The lowest BCUT2D eigenvalue weighted by Gasteiger charge is -2.10. The number of para-hydroxylation sites is 2. The molecule has 4 rings (SSSR count). The Bertz CT molecular complexity index is 1180. The first kappa shape index (κ1) is 22.8. The average Bonchev–Trinajstić information content (AvgIpc) is 3.19. The first-order valence-electron chi connectivity index (χ1n) is 12.0. The highest BCUT2D eigenvalue weighted by molar-refractivity contribution is 5.78. The number of fused-ring (bicyclic) bond motifs is 1. The van der Waals surface area contributed by atoms with Crippen molar-refractivity contribution < 1.29 is 4.79 Å². The molecule has 1 aromatic heterocycles. The van der Waals surface area contributed by atoms with Gasteiger partial charge in [-0.1, -0.05) is 73.2 Å². The minimum Gasteiger partial charge on any atom is -0.356 e. The molecule has 4 heteroatoms. The van der Waals surface area contributed by atoms with Crippen molar-refractivity contribution in [3.8, 4) is 0 Å². The van der Waals surface area contributed by atoms with E-state index in [1.165, 1.54) is 16.6 Å². The maximum absolute atomic E-state index is 12.2. The molecule has 1 N–H and O–H groups in total. The highest BCUT2D eigenvalue weighted by Gasteiger charge is 2.10. The van der Waals surface area contributed by atoms with Crippen LogP contribution in [0.3, 0.4) is 0 Å². The third-order valence-electron chi connectivity index (χ3n) is 6.21.